The van der Waals surface area contributed by atoms with Crippen molar-refractivity contribution in [1.82, 2.24) is 5.32 Å². The van der Waals surface area contributed by atoms with Crippen LogP contribution < -0.4 is 10.6 Å². The highest BCUT2D eigenvalue weighted by molar-refractivity contribution is 9.10. The zero-order valence-electron chi connectivity index (χ0n) is 12.5. The number of halogens is 1. The van der Waals surface area contributed by atoms with Crippen LogP contribution in [0.25, 0.3) is 0 Å². The molecule has 1 atom stereocenters. The van der Waals surface area contributed by atoms with E-state index in [4.69, 9.17) is 0 Å². The van der Waals surface area contributed by atoms with E-state index in [1.165, 1.54) is 11.8 Å². The van der Waals surface area contributed by atoms with E-state index in [-0.39, 0.29) is 18.2 Å². The third-order valence-electron chi connectivity index (χ3n) is 3.24. The molecule has 1 aliphatic heterocycles. The van der Waals surface area contributed by atoms with Crippen LogP contribution in [0.15, 0.2) is 64.1 Å². The van der Waals surface area contributed by atoms with Crippen LogP contribution in [0.3, 0.4) is 0 Å². The van der Waals surface area contributed by atoms with E-state index in [2.05, 4.69) is 31.6 Å². The predicted octanol–water partition coefficient (Wildman–Crippen LogP) is 3.70. The number of thioether (sulfide) groups is 1. The average molecular weight is 404 g/mol. The lowest BCUT2D eigenvalue weighted by atomic mass is 10.2. The number of carbonyl (C=O) groups excluding carboxylic acids is 2. The Bertz CT molecular complexity index is 795. The largest absolute Gasteiger partial charge is 0.326 e. The van der Waals surface area contributed by atoms with Crippen LogP contribution in [-0.4, -0.2) is 22.2 Å². The first-order chi connectivity index (χ1) is 11.6. The van der Waals surface area contributed by atoms with Crippen molar-refractivity contribution in [3.8, 4) is 0 Å². The SMILES string of the molecule is O=C(C[C@H]1SC(=Nc2ccccc2)NC1=O)Nc1cccc(Br)c1. The van der Waals surface area contributed by atoms with Gasteiger partial charge in [0.05, 0.1) is 5.69 Å². The molecule has 2 amide bonds. The summed E-state index contributed by atoms with van der Waals surface area (Å²) in [6.45, 7) is 0. The van der Waals surface area contributed by atoms with Crippen molar-refractivity contribution >= 4 is 56.0 Å². The number of benzene rings is 2. The minimum absolute atomic E-state index is 0.0941. The molecule has 2 aromatic rings. The first kappa shape index (κ1) is 16.7. The summed E-state index contributed by atoms with van der Waals surface area (Å²) in [5.41, 5.74) is 1.45. The van der Waals surface area contributed by atoms with Crippen LogP contribution in [0.4, 0.5) is 11.4 Å². The molecule has 7 heteroatoms. The van der Waals surface area contributed by atoms with Crippen molar-refractivity contribution in [2.24, 2.45) is 4.99 Å². The fourth-order valence-corrected chi connectivity index (χ4v) is 3.55. The molecule has 0 bridgehead atoms. The van der Waals surface area contributed by atoms with Crippen molar-refractivity contribution < 1.29 is 9.59 Å². The molecule has 24 heavy (non-hydrogen) atoms. The quantitative estimate of drug-likeness (QED) is 0.817. The second-order valence-corrected chi connectivity index (χ2v) is 7.22. The number of hydrogen-bond acceptors (Lipinski definition) is 4. The van der Waals surface area contributed by atoms with Crippen molar-refractivity contribution in [1.29, 1.82) is 0 Å². The van der Waals surface area contributed by atoms with E-state index in [1.807, 2.05) is 48.5 Å². The molecule has 0 aromatic heterocycles. The maximum Gasteiger partial charge on any atom is 0.240 e. The fraction of sp³-hybridized carbons (Fsp3) is 0.118. The minimum atomic E-state index is -0.473. The Labute approximate surface area is 152 Å². The van der Waals surface area contributed by atoms with Crippen LogP contribution in [0.2, 0.25) is 0 Å². The Morgan fingerprint density at radius 2 is 2.00 bits per heavy atom. The second-order valence-electron chi connectivity index (χ2n) is 5.11. The van der Waals surface area contributed by atoms with Crippen molar-refractivity contribution in [2.75, 3.05) is 5.32 Å². The maximum atomic E-state index is 12.1. The van der Waals surface area contributed by atoms with E-state index in [1.54, 1.807) is 6.07 Å². The Balaban J connectivity index is 1.60. The minimum Gasteiger partial charge on any atom is -0.326 e. The smallest absolute Gasteiger partial charge is 0.240 e. The number of amides is 2. The number of amidine groups is 1. The van der Waals surface area contributed by atoms with Gasteiger partial charge in [0, 0.05) is 16.6 Å². The molecule has 3 rings (SSSR count). The summed E-state index contributed by atoms with van der Waals surface area (Å²) in [6, 6.07) is 16.7. The van der Waals surface area contributed by atoms with Gasteiger partial charge < -0.3 is 10.6 Å². The van der Waals surface area contributed by atoms with Gasteiger partial charge in [-0.05, 0) is 30.3 Å². The Hall–Kier alpha value is -2.12. The molecule has 2 N–H and O–H groups in total. The molecule has 1 fully saturated rings. The molecule has 5 nitrogen and oxygen atoms in total. The van der Waals surface area contributed by atoms with Crippen LogP contribution in [0.1, 0.15) is 6.42 Å². The summed E-state index contributed by atoms with van der Waals surface area (Å²) in [6.07, 6.45) is 0.0941. The highest BCUT2D eigenvalue weighted by atomic mass is 79.9. The molecular formula is C17H14BrN3O2S. The molecule has 0 radical (unpaired) electrons. The molecule has 2 aromatic carbocycles. The standard InChI is InChI=1S/C17H14BrN3O2S/c18-11-5-4-8-13(9-11)19-15(22)10-14-16(23)21-17(24-14)20-12-6-2-1-3-7-12/h1-9,14H,10H2,(H,19,22)(H,20,21,23)/t14-/m1/s1. The van der Waals surface area contributed by atoms with E-state index < -0.39 is 5.25 Å². The van der Waals surface area contributed by atoms with Crippen LogP contribution in [-0.2, 0) is 9.59 Å². The van der Waals surface area contributed by atoms with E-state index in [0.29, 0.717) is 10.9 Å². The summed E-state index contributed by atoms with van der Waals surface area (Å²) < 4.78 is 0.880. The number of hydrogen-bond donors (Lipinski definition) is 2. The average Bonchev–Trinajstić information content (AvgIpc) is 2.87. The summed E-state index contributed by atoms with van der Waals surface area (Å²) in [4.78, 5) is 28.5. The van der Waals surface area contributed by atoms with Crippen molar-refractivity contribution in [3.05, 3.63) is 59.1 Å². The predicted molar refractivity (Wildman–Crippen MR) is 100 cm³/mol. The molecular weight excluding hydrogens is 390 g/mol. The van der Waals surface area contributed by atoms with Crippen molar-refractivity contribution in [3.63, 3.8) is 0 Å². The van der Waals surface area contributed by atoms with Gasteiger partial charge in [0.2, 0.25) is 11.8 Å². The Kier molecular flexibility index (Phi) is 5.32. The normalized spacial score (nSPS) is 18.5. The number of nitrogens with zero attached hydrogens (tertiary/aromatic N) is 1. The number of para-hydroxylation sites is 1. The monoisotopic (exact) mass is 403 g/mol. The van der Waals surface area contributed by atoms with Gasteiger partial charge in [0.25, 0.3) is 0 Å². The first-order valence-corrected chi connectivity index (χ1v) is 8.94. The number of carbonyl (C=O) groups is 2. The molecule has 1 saturated heterocycles. The van der Waals surface area contributed by atoms with Gasteiger partial charge in [-0.1, -0.05) is 52.0 Å². The van der Waals surface area contributed by atoms with Gasteiger partial charge in [-0.3, -0.25) is 9.59 Å². The van der Waals surface area contributed by atoms with Crippen LogP contribution >= 0.6 is 27.7 Å². The number of anilines is 1. The molecule has 0 aliphatic carbocycles. The molecule has 0 spiro atoms. The number of rotatable bonds is 4. The second kappa shape index (κ2) is 7.63. The molecule has 1 aliphatic rings. The highest BCUT2D eigenvalue weighted by Crippen LogP contribution is 2.25. The first-order valence-electron chi connectivity index (χ1n) is 7.27. The molecule has 1 heterocycles. The zero-order valence-corrected chi connectivity index (χ0v) is 14.9. The van der Waals surface area contributed by atoms with Crippen molar-refractivity contribution in [2.45, 2.75) is 11.7 Å². The summed E-state index contributed by atoms with van der Waals surface area (Å²) in [7, 11) is 0. The Morgan fingerprint density at radius 3 is 2.75 bits per heavy atom. The third-order valence-corrected chi connectivity index (χ3v) is 4.82. The van der Waals surface area contributed by atoms with Gasteiger partial charge in [0.15, 0.2) is 5.17 Å². The van der Waals surface area contributed by atoms with E-state index >= 15 is 0 Å². The summed E-state index contributed by atoms with van der Waals surface area (Å²) >= 11 is 4.63. The van der Waals surface area contributed by atoms with Crippen LogP contribution in [0.5, 0.6) is 0 Å². The fourth-order valence-electron chi connectivity index (χ4n) is 2.16. The van der Waals surface area contributed by atoms with Gasteiger partial charge in [-0.25, -0.2) is 4.99 Å². The number of nitrogens with one attached hydrogen (secondary N) is 2. The molecule has 0 unspecified atom stereocenters. The van der Waals surface area contributed by atoms with Crippen LogP contribution in [0, 0.1) is 0 Å². The highest BCUT2D eigenvalue weighted by Gasteiger charge is 2.32. The van der Waals surface area contributed by atoms with Gasteiger partial charge in [-0.15, -0.1) is 0 Å². The van der Waals surface area contributed by atoms with E-state index in [9.17, 15) is 9.59 Å². The topological polar surface area (TPSA) is 70.6 Å². The maximum absolute atomic E-state index is 12.1. The lowest BCUT2D eigenvalue weighted by Crippen LogP contribution is -2.28. The molecule has 0 saturated carbocycles. The number of aliphatic imine (C=N–C) groups is 1. The van der Waals surface area contributed by atoms with Gasteiger partial charge in [-0.2, -0.15) is 0 Å². The molecule has 122 valence electrons. The van der Waals surface area contributed by atoms with E-state index in [0.717, 1.165) is 10.2 Å². The summed E-state index contributed by atoms with van der Waals surface area (Å²) in [5.74, 6) is -0.402. The van der Waals surface area contributed by atoms with Gasteiger partial charge >= 0.3 is 0 Å². The van der Waals surface area contributed by atoms with Gasteiger partial charge in [0.1, 0.15) is 5.25 Å². The lowest BCUT2D eigenvalue weighted by Gasteiger charge is -2.07. The zero-order chi connectivity index (χ0) is 16.9. The summed E-state index contributed by atoms with van der Waals surface area (Å²) in [5, 5.41) is 5.56. The Morgan fingerprint density at radius 1 is 1.21 bits per heavy atom. The lowest BCUT2D eigenvalue weighted by molar-refractivity contribution is -0.122. The third kappa shape index (κ3) is 4.46.